The summed E-state index contributed by atoms with van der Waals surface area (Å²) in [6.07, 6.45) is 1.65. The Morgan fingerprint density at radius 1 is 1.24 bits per heavy atom. The van der Waals surface area contributed by atoms with Crippen LogP contribution in [0.15, 0.2) is 22.9 Å². The molecule has 0 bridgehead atoms. The molecule has 2 N–H and O–H groups in total. The van der Waals surface area contributed by atoms with Gasteiger partial charge in [-0.15, -0.1) is 0 Å². The predicted octanol–water partition coefficient (Wildman–Crippen LogP) is 1.09. The van der Waals surface area contributed by atoms with Crippen LogP contribution in [0.2, 0.25) is 0 Å². The molecule has 2 rings (SSSR count). The van der Waals surface area contributed by atoms with E-state index >= 15 is 0 Å². The van der Waals surface area contributed by atoms with Gasteiger partial charge >= 0.3 is 11.9 Å². The number of carboxylic acid groups (broad SMARTS) is 2. The maximum absolute atomic E-state index is 12.4. The Balaban J connectivity index is 2.20. The fourth-order valence-corrected chi connectivity index (χ4v) is 2.82. The zero-order chi connectivity index (χ0) is 15.6. The molecule has 1 aliphatic rings. The molecule has 2 heterocycles. The number of carbonyl (C=O) groups excluding carboxylic acids is 1. The lowest BCUT2D eigenvalue weighted by molar-refractivity contribution is -0.156. The zero-order valence-corrected chi connectivity index (χ0v) is 12.5. The lowest BCUT2D eigenvalue weighted by atomic mass is 9.85. The number of carboxylic acids is 2. The van der Waals surface area contributed by atoms with Gasteiger partial charge in [-0.05, 0) is 34.5 Å². The number of hydrogen-bond acceptors (Lipinski definition) is 4. The van der Waals surface area contributed by atoms with E-state index in [4.69, 9.17) is 10.2 Å². The van der Waals surface area contributed by atoms with Crippen LogP contribution in [0.4, 0.5) is 0 Å². The van der Waals surface area contributed by atoms with Crippen molar-refractivity contribution < 1.29 is 24.6 Å². The van der Waals surface area contributed by atoms with Gasteiger partial charge in [0.2, 0.25) is 0 Å². The summed E-state index contributed by atoms with van der Waals surface area (Å²) in [7, 11) is 0. The summed E-state index contributed by atoms with van der Waals surface area (Å²) < 4.78 is 0.377. The molecular weight excluding hydrogens is 344 g/mol. The van der Waals surface area contributed by atoms with E-state index in [0.717, 1.165) is 0 Å². The van der Waals surface area contributed by atoms with Crippen molar-refractivity contribution in [2.75, 3.05) is 13.1 Å². The van der Waals surface area contributed by atoms with Crippen molar-refractivity contribution in [3.05, 3.63) is 28.5 Å². The zero-order valence-electron chi connectivity index (χ0n) is 10.9. The number of halogens is 1. The number of aromatic nitrogens is 1. The summed E-state index contributed by atoms with van der Waals surface area (Å²) in [5.74, 6) is -4.77. The van der Waals surface area contributed by atoms with Crippen LogP contribution in [-0.4, -0.2) is 51.0 Å². The largest absolute Gasteiger partial charge is 0.481 e. The monoisotopic (exact) mass is 356 g/mol. The van der Waals surface area contributed by atoms with Crippen LogP contribution >= 0.6 is 15.9 Å². The topological polar surface area (TPSA) is 108 Å². The molecule has 1 aliphatic heterocycles. The molecule has 8 heteroatoms. The van der Waals surface area contributed by atoms with E-state index in [1.54, 1.807) is 12.1 Å². The van der Waals surface area contributed by atoms with Gasteiger partial charge in [0, 0.05) is 19.3 Å². The van der Waals surface area contributed by atoms with E-state index in [1.807, 2.05) is 0 Å². The maximum Gasteiger partial charge on any atom is 0.309 e. The fraction of sp³-hybridized carbons (Fsp3) is 0.385. The maximum atomic E-state index is 12.4. The summed E-state index contributed by atoms with van der Waals surface area (Å²) in [6.45, 7) is 0.0907. The molecule has 1 saturated heterocycles. The number of piperidine rings is 1. The highest BCUT2D eigenvalue weighted by Crippen LogP contribution is 2.26. The second kappa shape index (κ2) is 6.21. The number of rotatable bonds is 3. The van der Waals surface area contributed by atoms with Crippen molar-refractivity contribution in [2.24, 2.45) is 11.8 Å². The highest BCUT2D eigenvalue weighted by Gasteiger charge is 2.40. The van der Waals surface area contributed by atoms with E-state index in [2.05, 4.69) is 20.9 Å². The van der Waals surface area contributed by atoms with Gasteiger partial charge in [0.05, 0.1) is 17.4 Å². The molecule has 1 amide bonds. The molecule has 1 fully saturated rings. The molecule has 21 heavy (non-hydrogen) atoms. The fourth-order valence-electron chi connectivity index (χ4n) is 2.40. The summed E-state index contributed by atoms with van der Waals surface area (Å²) in [6, 6.07) is 3.19. The Hall–Kier alpha value is -1.96. The normalized spacial score (nSPS) is 21.9. The first kappa shape index (κ1) is 15.4. The molecule has 0 saturated carbocycles. The van der Waals surface area contributed by atoms with Gasteiger partial charge in [0.15, 0.2) is 0 Å². The van der Waals surface area contributed by atoms with Gasteiger partial charge < -0.3 is 15.1 Å². The Kier molecular flexibility index (Phi) is 4.56. The second-order valence-electron chi connectivity index (χ2n) is 4.77. The van der Waals surface area contributed by atoms with E-state index in [1.165, 1.54) is 11.1 Å². The lowest BCUT2D eigenvalue weighted by Gasteiger charge is -2.34. The second-order valence-corrected chi connectivity index (χ2v) is 5.52. The number of likely N-dealkylation sites (tertiary alicyclic amines) is 1. The average Bonchev–Trinajstić information content (AvgIpc) is 2.46. The lowest BCUT2D eigenvalue weighted by Crippen LogP contribution is -2.48. The van der Waals surface area contributed by atoms with Gasteiger partial charge in [0.1, 0.15) is 4.60 Å². The van der Waals surface area contributed by atoms with Crippen LogP contribution in [0.25, 0.3) is 0 Å². The minimum Gasteiger partial charge on any atom is -0.481 e. The van der Waals surface area contributed by atoms with Gasteiger partial charge in [0.25, 0.3) is 5.91 Å². The van der Waals surface area contributed by atoms with Crippen LogP contribution in [0.1, 0.15) is 16.8 Å². The van der Waals surface area contributed by atoms with E-state index < -0.39 is 23.8 Å². The van der Waals surface area contributed by atoms with E-state index in [9.17, 15) is 14.4 Å². The molecule has 1 aromatic rings. The minimum absolute atomic E-state index is 0.119. The number of hydrogen-bond donors (Lipinski definition) is 2. The number of aliphatic carboxylic acids is 2. The van der Waals surface area contributed by atoms with Crippen LogP contribution in [0, 0.1) is 11.8 Å². The molecule has 112 valence electrons. The third-order valence-corrected chi connectivity index (χ3v) is 4.16. The first-order valence-corrected chi connectivity index (χ1v) is 7.06. The molecule has 1 aromatic heterocycles. The third kappa shape index (κ3) is 3.21. The van der Waals surface area contributed by atoms with Crippen LogP contribution < -0.4 is 0 Å². The molecular formula is C13H13BrN2O5. The number of pyridine rings is 1. The summed E-state index contributed by atoms with van der Waals surface area (Å²) >= 11 is 3.17. The number of carbonyl (C=O) groups is 3. The smallest absolute Gasteiger partial charge is 0.309 e. The first-order valence-electron chi connectivity index (χ1n) is 6.27. The van der Waals surface area contributed by atoms with Crippen LogP contribution in [0.3, 0.4) is 0 Å². The molecule has 2 atom stereocenters. The molecule has 0 radical (unpaired) electrons. The van der Waals surface area contributed by atoms with Crippen molar-refractivity contribution in [1.29, 1.82) is 0 Å². The Morgan fingerprint density at radius 3 is 2.48 bits per heavy atom. The molecule has 7 nitrogen and oxygen atoms in total. The van der Waals surface area contributed by atoms with Crippen molar-refractivity contribution in [3.63, 3.8) is 0 Å². The highest BCUT2D eigenvalue weighted by molar-refractivity contribution is 9.10. The van der Waals surface area contributed by atoms with Gasteiger partial charge in [-0.3, -0.25) is 14.4 Å². The van der Waals surface area contributed by atoms with E-state index in [0.29, 0.717) is 10.2 Å². The Labute approximate surface area is 128 Å². The van der Waals surface area contributed by atoms with E-state index in [-0.39, 0.29) is 25.4 Å². The quantitative estimate of drug-likeness (QED) is 0.785. The third-order valence-electron chi connectivity index (χ3n) is 3.52. The molecule has 0 aliphatic carbocycles. The van der Waals surface area contributed by atoms with Gasteiger partial charge in [-0.2, -0.15) is 0 Å². The predicted molar refractivity (Wildman–Crippen MR) is 74.7 cm³/mol. The van der Waals surface area contributed by atoms with Gasteiger partial charge in [-0.25, -0.2) is 4.98 Å². The average molecular weight is 357 g/mol. The van der Waals surface area contributed by atoms with Crippen molar-refractivity contribution in [3.8, 4) is 0 Å². The van der Waals surface area contributed by atoms with Crippen LogP contribution in [0.5, 0.6) is 0 Å². The van der Waals surface area contributed by atoms with Crippen molar-refractivity contribution in [1.82, 2.24) is 9.88 Å². The molecule has 0 spiro atoms. The number of nitrogens with zero attached hydrogens (tertiary/aromatic N) is 2. The minimum atomic E-state index is -1.20. The molecule has 0 aromatic carbocycles. The van der Waals surface area contributed by atoms with Crippen LogP contribution in [-0.2, 0) is 9.59 Å². The summed E-state index contributed by atoms with van der Waals surface area (Å²) in [5, 5.41) is 18.2. The summed E-state index contributed by atoms with van der Waals surface area (Å²) in [5.41, 5.74) is 0.329. The SMILES string of the molecule is O=C(O)C1CCN(C(=O)c2cccnc2Br)CC1C(=O)O. The Bertz CT molecular complexity index is 592. The first-order chi connectivity index (χ1) is 9.91. The van der Waals surface area contributed by atoms with Crippen molar-refractivity contribution >= 4 is 33.8 Å². The Morgan fingerprint density at radius 2 is 1.90 bits per heavy atom. The van der Waals surface area contributed by atoms with Crippen molar-refractivity contribution in [2.45, 2.75) is 6.42 Å². The molecule has 2 unspecified atom stereocenters. The standard InChI is InChI=1S/C13H13BrN2O5/c14-10-8(2-1-4-15-10)11(17)16-5-3-7(12(18)19)9(6-16)13(20)21/h1-2,4,7,9H,3,5-6H2,(H,18,19)(H,20,21). The van der Waals surface area contributed by atoms with Gasteiger partial charge in [-0.1, -0.05) is 0 Å². The summed E-state index contributed by atoms with van der Waals surface area (Å²) in [4.78, 5) is 40.0. The number of amides is 1. The highest BCUT2D eigenvalue weighted by atomic mass is 79.9.